The molecule has 1 heterocycles. The first-order valence-electron chi connectivity index (χ1n) is 5.45. The number of esters is 2. The van der Waals surface area contributed by atoms with Crippen molar-refractivity contribution in [2.24, 2.45) is 11.8 Å². The highest BCUT2D eigenvalue weighted by molar-refractivity contribution is 5.74. The molecular formula is C11H18O4. The first-order valence-corrected chi connectivity index (χ1v) is 5.45. The van der Waals surface area contributed by atoms with Crippen LogP contribution in [0.4, 0.5) is 0 Å². The minimum atomic E-state index is -0.249. The maximum Gasteiger partial charge on any atom is 0.309 e. The van der Waals surface area contributed by atoms with E-state index >= 15 is 0 Å². The third kappa shape index (κ3) is 3.53. The van der Waals surface area contributed by atoms with E-state index in [4.69, 9.17) is 9.47 Å². The van der Waals surface area contributed by atoms with Crippen LogP contribution in [-0.2, 0) is 19.1 Å². The molecule has 1 fully saturated rings. The average Bonchev–Trinajstić information content (AvgIpc) is 2.53. The van der Waals surface area contributed by atoms with Gasteiger partial charge in [-0.15, -0.1) is 0 Å². The Kier molecular flexibility index (Phi) is 4.59. The van der Waals surface area contributed by atoms with Gasteiger partial charge in [-0.1, -0.05) is 6.92 Å². The van der Waals surface area contributed by atoms with E-state index in [1.165, 1.54) is 6.92 Å². The second-order valence-electron chi connectivity index (χ2n) is 3.89. The average molecular weight is 214 g/mol. The molecule has 0 aromatic heterocycles. The summed E-state index contributed by atoms with van der Waals surface area (Å²) in [6, 6.07) is 0. The molecule has 2 unspecified atom stereocenters. The molecule has 1 saturated heterocycles. The smallest absolute Gasteiger partial charge is 0.309 e. The SMILES string of the molecule is CCC1C(=O)OCC1CCCOC(C)=O. The molecule has 2 atom stereocenters. The van der Waals surface area contributed by atoms with Crippen molar-refractivity contribution in [3.8, 4) is 0 Å². The highest BCUT2D eigenvalue weighted by Gasteiger charge is 2.34. The van der Waals surface area contributed by atoms with E-state index in [1.807, 2.05) is 6.92 Å². The minimum Gasteiger partial charge on any atom is -0.466 e. The van der Waals surface area contributed by atoms with Crippen molar-refractivity contribution in [1.29, 1.82) is 0 Å². The lowest BCUT2D eigenvalue weighted by Gasteiger charge is -2.12. The van der Waals surface area contributed by atoms with Gasteiger partial charge in [0.05, 0.1) is 19.1 Å². The fourth-order valence-electron chi connectivity index (χ4n) is 1.95. The maximum absolute atomic E-state index is 11.2. The summed E-state index contributed by atoms with van der Waals surface area (Å²) in [5.74, 6) is 0.0242. The van der Waals surface area contributed by atoms with E-state index in [9.17, 15) is 9.59 Å². The van der Waals surface area contributed by atoms with Gasteiger partial charge in [-0.05, 0) is 19.3 Å². The summed E-state index contributed by atoms with van der Waals surface area (Å²) < 4.78 is 9.83. The fraction of sp³-hybridized carbons (Fsp3) is 0.818. The van der Waals surface area contributed by atoms with E-state index in [0.717, 1.165) is 19.3 Å². The number of rotatable bonds is 5. The van der Waals surface area contributed by atoms with Crippen LogP contribution in [0.2, 0.25) is 0 Å². The summed E-state index contributed by atoms with van der Waals surface area (Å²) in [6.45, 7) is 4.36. The Morgan fingerprint density at radius 2 is 2.33 bits per heavy atom. The first kappa shape index (κ1) is 12.0. The summed E-state index contributed by atoms with van der Waals surface area (Å²) in [5, 5.41) is 0. The number of carbonyl (C=O) groups is 2. The van der Waals surface area contributed by atoms with E-state index < -0.39 is 0 Å². The van der Waals surface area contributed by atoms with E-state index in [1.54, 1.807) is 0 Å². The van der Waals surface area contributed by atoms with E-state index in [0.29, 0.717) is 19.1 Å². The van der Waals surface area contributed by atoms with Gasteiger partial charge >= 0.3 is 11.9 Å². The van der Waals surface area contributed by atoms with Crippen LogP contribution < -0.4 is 0 Å². The van der Waals surface area contributed by atoms with Crippen LogP contribution in [0.15, 0.2) is 0 Å². The molecule has 0 amide bonds. The first-order chi connectivity index (χ1) is 7.15. The molecule has 0 aliphatic carbocycles. The van der Waals surface area contributed by atoms with Gasteiger partial charge in [0.2, 0.25) is 0 Å². The standard InChI is InChI=1S/C11H18O4/c1-3-10-9(7-15-11(10)13)5-4-6-14-8(2)12/h9-10H,3-7H2,1-2H3. The van der Waals surface area contributed by atoms with Gasteiger partial charge in [0, 0.05) is 12.8 Å². The highest BCUT2D eigenvalue weighted by atomic mass is 16.5. The van der Waals surface area contributed by atoms with Crippen molar-refractivity contribution in [2.75, 3.05) is 13.2 Å². The van der Waals surface area contributed by atoms with Crippen molar-refractivity contribution in [1.82, 2.24) is 0 Å². The molecule has 1 rings (SSSR count). The predicted octanol–water partition coefficient (Wildman–Crippen LogP) is 1.53. The molecule has 0 aromatic rings. The van der Waals surface area contributed by atoms with Crippen LogP contribution in [0, 0.1) is 11.8 Å². The van der Waals surface area contributed by atoms with Crippen LogP contribution >= 0.6 is 0 Å². The van der Waals surface area contributed by atoms with Gasteiger partial charge in [-0.25, -0.2) is 0 Å². The molecule has 0 saturated carbocycles. The van der Waals surface area contributed by atoms with Crippen LogP contribution in [-0.4, -0.2) is 25.2 Å². The van der Waals surface area contributed by atoms with E-state index in [2.05, 4.69) is 0 Å². The number of ether oxygens (including phenoxy) is 2. The Morgan fingerprint density at radius 3 is 2.93 bits per heavy atom. The fourth-order valence-corrected chi connectivity index (χ4v) is 1.95. The summed E-state index contributed by atoms with van der Waals surface area (Å²) in [7, 11) is 0. The number of hydrogen-bond donors (Lipinski definition) is 0. The monoisotopic (exact) mass is 214 g/mol. The number of carbonyl (C=O) groups excluding carboxylic acids is 2. The van der Waals surface area contributed by atoms with Gasteiger partial charge in [-0.2, -0.15) is 0 Å². The predicted molar refractivity (Wildman–Crippen MR) is 54.1 cm³/mol. The molecule has 0 bridgehead atoms. The topological polar surface area (TPSA) is 52.6 Å². The van der Waals surface area contributed by atoms with Gasteiger partial charge in [0.15, 0.2) is 0 Å². The molecule has 0 spiro atoms. The molecule has 86 valence electrons. The Balaban J connectivity index is 2.21. The lowest BCUT2D eigenvalue weighted by Crippen LogP contribution is -2.15. The normalized spacial score (nSPS) is 25.1. The van der Waals surface area contributed by atoms with Gasteiger partial charge in [0.25, 0.3) is 0 Å². The lowest BCUT2D eigenvalue weighted by atomic mass is 9.89. The zero-order chi connectivity index (χ0) is 11.3. The maximum atomic E-state index is 11.2. The quantitative estimate of drug-likeness (QED) is 0.514. The van der Waals surface area contributed by atoms with E-state index in [-0.39, 0.29) is 17.9 Å². The van der Waals surface area contributed by atoms with Crippen molar-refractivity contribution < 1.29 is 19.1 Å². The molecule has 0 N–H and O–H groups in total. The van der Waals surface area contributed by atoms with Crippen LogP contribution in [0.5, 0.6) is 0 Å². The molecule has 4 heteroatoms. The molecule has 15 heavy (non-hydrogen) atoms. The highest BCUT2D eigenvalue weighted by Crippen LogP contribution is 2.28. The third-order valence-electron chi connectivity index (χ3n) is 2.78. The van der Waals surface area contributed by atoms with Gasteiger partial charge < -0.3 is 9.47 Å². The zero-order valence-electron chi connectivity index (χ0n) is 9.32. The number of cyclic esters (lactones) is 1. The van der Waals surface area contributed by atoms with Gasteiger partial charge in [0.1, 0.15) is 0 Å². The summed E-state index contributed by atoms with van der Waals surface area (Å²) >= 11 is 0. The second-order valence-corrected chi connectivity index (χ2v) is 3.89. The Labute approximate surface area is 89.9 Å². The summed E-state index contributed by atoms with van der Waals surface area (Å²) in [4.78, 5) is 21.8. The third-order valence-corrected chi connectivity index (χ3v) is 2.78. The molecule has 1 aliphatic rings. The molecular weight excluding hydrogens is 196 g/mol. The Hall–Kier alpha value is -1.06. The molecule has 0 aromatic carbocycles. The van der Waals surface area contributed by atoms with Crippen molar-refractivity contribution in [3.63, 3.8) is 0 Å². The Morgan fingerprint density at radius 1 is 1.60 bits per heavy atom. The number of hydrogen-bond acceptors (Lipinski definition) is 4. The minimum absolute atomic E-state index is 0.0438. The summed E-state index contributed by atoms with van der Waals surface area (Å²) in [5.41, 5.74) is 0. The second kappa shape index (κ2) is 5.73. The largest absolute Gasteiger partial charge is 0.466 e. The molecule has 4 nitrogen and oxygen atoms in total. The molecule has 1 aliphatic heterocycles. The van der Waals surface area contributed by atoms with Gasteiger partial charge in [-0.3, -0.25) is 9.59 Å². The van der Waals surface area contributed by atoms with Crippen LogP contribution in [0.25, 0.3) is 0 Å². The summed E-state index contributed by atoms with van der Waals surface area (Å²) in [6.07, 6.45) is 2.52. The zero-order valence-corrected chi connectivity index (χ0v) is 9.32. The Bertz CT molecular complexity index is 237. The lowest BCUT2D eigenvalue weighted by molar-refractivity contribution is -0.142. The van der Waals surface area contributed by atoms with Crippen molar-refractivity contribution >= 4 is 11.9 Å². The molecule has 0 radical (unpaired) electrons. The van der Waals surface area contributed by atoms with Crippen LogP contribution in [0.3, 0.4) is 0 Å². The van der Waals surface area contributed by atoms with Crippen LogP contribution in [0.1, 0.15) is 33.1 Å². The van der Waals surface area contributed by atoms with Crippen molar-refractivity contribution in [2.45, 2.75) is 33.1 Å². The van der Waals surface area contributed by atoms with Crippen molar-refractivity contribution in [3.05, 3.63) is 0 Å².